The van der Waals surface area contributed by atoms with Crippen LogP contribution in [0.5, 0.6) is 0 Å². The Bertz CT molecular complexity index is 153. The van der Waals surface area contributed by atoms with Crippen molar-refractivity contribution in [3.05, 3.63) is 0 Å². The third kappa shape index (κ3) is 5.75. The second-order valence-corrected chi connectivity index (χ2v) is 7.54. The van der Waals surface area contributed by atoms with E-state index in [1.165, 1.54) is 32.1 Å². The monoisotopic (exact) mass is 217 g/mol. The highest BCUT2D eigenvalue weighted by atomic mass is 28.4. The van der Waals surface area contributed by atoms with Crippen molar-refractivity contribution in [1.82, 2.24) is 5.32 Å². The van der Waals surface area contributed by atoms with Crippen LogP contribution in [0.3, 0.4) is 0 Å². The molecule has 3 N–H and O–H groups in total. The molecule has 1 rings (SSSR count). The van der Waals surface area contributed by atoms with Crippen molar-refractivity contribution in [3.63, 3.8) is 0 Å². The molecule has 0 spiro atoms. The van der Waals surface area contributed by atoms with Crippen molar-refractivity contribution in [1.29, 1.82) is 0 Å². The average molecular weight is 217 g/mol. The van der Waals surface area contributed by atoms with Gasteiger partial charge in [-0.3, -0.25) is 0 Å². The van der Waals surface area contributed by atoms with E-state index in [4.69, 9.17) is 0 Å². The van der Waals surface area contributed by atoms with Crippen LogP contribution in [-0.2, 0) is 0 Å². The molecular formula is C10H23NO2Si. The second-order valence-electron chi connectivity index (χ2n) is 4.61. The van der Waals surface area contributed by atoms with E-state index in [-0.39, 0.29) is 0 Å². The molecule has 1 aliphatic rings. The summed E-state index contributed by atoms with van der Waals surface area (Å²) in [7, 11) is -2.78. The third-order valence-electron chi connectivity index (χ3n) is 2.87. The second kappa shape index (κ2) is 5.85. The highest BCUT2D eigenvalue weighted by Crippen LogP contribution is 2.17. The van der Waals surface area contributed by atoms with Gasteiger partial charge in [0.2, 0.25) is 0 Å². The maximum atomic E-state index is 9.22. The molecule has 0 radical (unpaired) electrons. The summed E-state index contributed by atoms with van der Waals surface area (Å²) in [6.45, 7) is 2.52. The first-order valence-corrected chi connectivity index (χ1v) is 8.36. The number of hydrogen-bond donors (Lipinski definition) is 3. The van der Waals surface area contributed by atoms with Crippen molar-refractivity contribution in [3.8, 4) is 0 Å². The van der Waals surface area contributed by atoms with E-state index in [9.17, 15) is 9.59 Å². The normalized spacial score (nSPS) is 19.9. The van der Waals surface area contributed by atoms with Gasteiger partial charge in [0, 0.05) is 6.04 Å². The first-order chi connectivity index (χ1) is 6.58. The Morgan fingerprint density at radius 2 is 1.86 bits per heavy atom. The van der Waals surface area contributed by atoms with Gasteiger partial charge in [0.25, 0.3) is 0 Å². The standard InChI is InChI=1S/C10H23NO2Si/c1-14(12,13)9-5-8-11-10-6-3-2-4-7-10/h10-13H,2-9H2,1H3. The Morgan fingerprint density at radius 1 is 1.21 bits per heavy atom. The lowest BCUT2D eigenvalue weighted by atomic mass is 9.95. The van der Waals surface area contributed by atoms with E-state index < -0.39 is 8.56 Å². The van der Waals surface area contributed by atoms with Crippen molar-refractivity contribution in [2.24, 2.45) is 0 Å². The van der Waals surface area contributed by atoms with E-state index in [1.54, 1.807) is 6.55 Å². The lowest BCUT2D eigenvalue weighted by Gasteiger charge is -2.23. The van der Waals surface area contributed by atoms with Gasteiger partial charge in [0.1, 0.15) is 0 Å². The molecule has 1 aliphatic carbocycles. The van der Waals surface area contributed by atoms with Crippen molar-refractivity contribution in [2.75, 3.05) is 6.54 Å². The molecule has 0 aromatic rings. The van der Waals surface area contributed by atoms with Crippen LogP contribution in [0.25, 0.3) is 0 Å². The fraction of sp³-hybridized carbons (Fsp3) is 1.00. The number of hydrogen-bond acceptors (Lipinski definition) is 3. The minimum Gasteiger partial charge on any atom is -0.411 e. The zero-order valence-electron chi connectivity index (χ0n) is 9.13. The molecule has 0 bridgehead atoms. The number of nitrogens with one attached hydrogen (secondary N) is 1. The topological polar surface area (TPSA) is 52.5 Å². The Hall–Kier alpha value is 0.0969. The van der Waals surface area contributed by atoms with Gasteiger partial charge in [-0.2, -0.15) is 0 Å². The van der Waals surface area contributed by atoms with Crippen molar-refractivity contribution in [2.45, 2.75) is 57.2 Å². The van der Waals surface area contributed by atoms with Crippen molar-refractivity contribution < 1.29 is 9.59 Å². The molecule has 4 heteroatoms. The van der Waals surface area contributed by atoms with Crippen LogP contribution in [0.2, 0.25) is 12.6 Å². The molecule has 14 heavy (non-hydrogen) atoms. The van der Waals surface area contributed by atoms with E-state index in [0.717, 1.165) is 13.0 Å². The van der Waals surface area contributed by atoms with E-state index in [0.29, 0.717) is 12.1 Å². The molecule has 0 aromatic heterocycles. The third-order valence-corrected chi connectivity index (χ3v) is 4.17. The van der Waals surface area contributed by atoms with E-state index >= 15 is 0 Å². The average Bonchev–Trinajstić information content (AvgIpc) is 2.13. The Morgan fingerprint density at radius 3 is 2.43 bits per heavy atom. The van der Waals surface area contributed by atoms with Crippen LogP contribution in [-0.4, -0.2) is 30.7 Å². The Kier molecular flexibility index (Phi) is 5.09. The van der Waals surface area contributed by atoms with Gasteiger partial charge < -0.3 is 14.9 Å². The molecule has 0 saturated heterocycles. The Balaban J connectivity index is 1.97. The lowest BCUT2D eigenvalue weighted by molar-refractivity contribution is 0.355. The summed E-state index contributed by atoms with van der Waals surface area (Å²) >= 11 is 0. The van der Waals surface area contributed by atoms with E-state index in [2.05, 4.69) is 5.32 Å². The maximum Gasteiger partial charge on any atom is 0.329 e. The number of rotatable bonds is 5. The molecule has 1 fully saturated rings. The first kappa shape index (κ1) is 12.2. The smallest absolute Gasteiger partial charge is 0.329 e. The maximum absolute atomic E-state index is 9.22. The van der Waals surface area contributed by atoms with Gasteiger partial charge in [-0.05, 0) is 38.4 Å². The quantitative estimate of drug-likeness (QED) is 0.481. The van der Waals surface area contributed by atoms with Gasteiger partial charge >= 0.3 is 8.56 Å². The SMILES string of the molecule is C[Si](O)(O)CCCNC1CCCCC1. The van der Waals surface area contributed by atoms with Gasteiger partial charge in [-0.25, -0.2) is 0 Å². The van der Waals surface area contributed by atoms with E-state index in [1.807, 2.05) is 0 Å². The molecule has 1 saturated carbocycles. The highest BCUT2D eigenvalue weighted by Gasteiger charge is 2.20. The molecular weight excluding hydrogens is 194 g/mol. The molecule has 84 valence electrons. The van der Waals surface area contributed by atoms with Crippen molar-refractivity contribution >= 4 is 8.56 Å². The molecule has 0 heterocycles. The molecule has 0 amide bonds. The molecule has 0 atom stereocenters. The predicted octanol–water partition coefficient (Wildman–Crippen LogP) is 1.36. The highest BCUT2D eigenvalue weighted by molar-refractivity contribution is 6.63. The lowest BCUT2D eigenvalue weighted by Crippen LogP contribution is -2.34. The largest absolute Gasteiger partial charge is 0.411 e. The van der Waals surface area contributed by atoms with Crippen LogP contribution in [0, 0.1) is 0 Å². The van der Waals surface area contributed by atoms with Gasteiger partial charge in [-0.15, -0.1) is 0 Å². The zero-order chi connectivity index (χ0) is 10.4. The van der Waals surface area contributed by atoms with Crippen LogP contribution < -0.4 is 5.32 Å². The summed E-state index contributed by atoms with van der Waals surface area (Å²) in [5, 5.41) is 3.49. The van der Waals surface area contributed by atoms with Gasteiger partial charge in [0.05, 0.1) is 0 Å². The van der Waals surface area contributed by atoms with Crippen LogP contribution in [0.15, 0.2) is 0 Å². The first-order valence-electron chi connectivity index (χ1n) is 5.76. The molecule has 3 nitrogen and oxygen atoms in total. The molecule has 0 aromatic carbocycles. The minimum absolute atomic E-state index is 0.590. The fourth-order valence-electron chi connectivity index (χ4n) is 2.04. The summed E-state index contributed by atoms with van der Waals surface area (Å²) in [6.07, 6.45) is 7.58. The predicted molar refractivity (Wildman–Crippen MR) is 60.4 cm³/mol. The van der Waals surface area contributed by atoms with Gasteiger partial charge in [0.15, 0.2) is 0 Å². The summed E-state index contributed by atoms with van der Waals surface area (Å²) in [5.74, 6) is 0. The summed E-state index contributed by atoms with van der Waals surface area (Å²) in [4.78, 5) is 18.4. The minimum atomic E-state index is -2.78. The van der Waals surface area contributed by atoms with Crippen LogP contribution in [0.1, 0.15) is 38.5 Å². The zero-order valence-corrected chi connectivity index (χ0v) is 10.1. The Labute approximate surface area is 87.8 Å². The van der Waals surface area contributed by atoms with Crippen LogP contribution in [0.4, 0.5) is 0 Å². The molecule has 0 aliphatic heterocycles. The van der Waals surface area contributed by atoms with Crippen LogP contribution >= 0.6 is 0 Å². The fourth-order valence-corrected chi connectivity index (χ4v) is 2.88. The summed E-state index contributed by atoms with van der Waals surface area (Å²) < 4.78 is 0. The summed E-state index contributed by atoms with van der Waals surface area (Å²) in [5.41, 5.74) is 0. The molecule has 0 unspecified atom stereocenters. The van der Waals surface area contributed by atoms with Gasteiger partial charge in [-0.1, -0.05) is 19.3 Å². The summed E-state index contributed by atoms with van der Waals surface area (Å²) in [6, 6.07) is 1.28.